The van der Waals surface area contributed by atoms with E-state index < -0.39 is 4.92 Å². The Kier molecular flexibility index (Phi) is 3.21. The van der Waals surface area contributed by atoms with Crippen molar-refractivity contribution in [2.45, 2.75) is 20.4 Å². The fourth-order valence-corrected chi connectivity index (χ4v) is 2.24. The molecule has 0 atom stereocenters. The molecule has 9 nitrogen and oxygen atoms in total. The quantitative estimate of drug-likeness (QED) is 0.472. The van der Waals surface area contributed by atoms with Crippen LogP contribution in [0.5, 0.6) is 0 Å². The standard InChI is InChI=1S/C8H11N7O2S/c1-4-7(15(16)17)5(2)14(13-4)3-6-11-12-8(10-9)18-6/h3,9H2,1-2H3,(H,10,12). The second-order valence-electron chi connectivity index (χ2n) is 3.58. The monoisotopic (exact) mass is 269 g/mol. The topological polar surface area (TPSA) is 125 Å². The molecule has 0 fully saturated rings. The van der Waals surface area contributed by atoms with E-state index in [2.05, 4.69) is 20.7 Å². The maximum atomic E-state index is 10.9. The SMILES string of the molecule is Cc1nn(Cc2nnc(NN)s2)c(C)c1[N+](=O)[O-]. The van der Waals surface area contributed by atoms with Gasteiger partial charge in [-0.2, -0.15) is 5.10 Å². The zero-order valence-electron chi connectivity index (χ0n) is 9.75. The van der Waals surface area contributed by atoms with Crippen molar-refractivity contribution in [1.82, 2.24) is 20.0 Å². The first-order valence-electron chi connectivity index (χ1n) is 5.00. The summed E-state index contributed by atoms with van der Waals surface area (Å²) >= 11 is 1.27. The van der Waals surface area contributed by atoms with Crippen LogP contribution in [0.15, 0.2) is 0 Å². The fourth-order valence-electron chi connectivity index (χ4n) is 1.61. The Hall–Kier alpha value is -2.07. The predicted octanol–water partition coefficient (Wildman–Crippen LogP) is 0.594. The largest absolute Gasteiger partial charge is 0.312 e. The molecule has 0 aliphatic rings. The van der Waals surface area contributed by atoms with Crippen molar-refractivity contribution < 1.29 is 4.92 Å². The number of nitrogens with zero attached hydrogens (tertiary/aromatic N) is 5. The zero-order valence-corrected chi connectivity index (χ0v) is 10.6. The minimum Gasteiger partial charge on any atom is -0.298 e. The Labute approximate surface area is 106 Å². The minimum absolute atomic E-state index is 0.0386. The molecule has 2 aromatic rings. The molecule has 0 amide bonds. The summed E-state index contributed by atoms with van der Waals surface area (Å²) in [7, 11) is 0. The van der Waals surface area contributed by atoms with E-state index in [0.29, 0.717) is 28.1 Å². The summed E-state index contributed by atoms with van der Waals surface area (Å²) in [6.45, 7) is 3.59. The highest BCUT2D eigenvalue weighted by atomic mass is 32.1. The minimum atomic E-state index is -0.429. The van der Waals surface area contributed by atoms with Crippen LogP contribution >= 0.6 is 11.3 Å². The Morgan fingerprint density at radius 2 is 2.22 bits per heavy atom. The van der Waals surface area contributed by atoms with Crippen LogP contribution in [0, 0.1) is 24.0 Å². The summed E-state index contributed by atoms with van der Waals surface area (Å²) in [5.74, 6) is 5.20. The van der Waals surface area contributed by atoms with E-state index >= 15 is 0 Å². The van der Waals surface area contributed by atoms with E-state index in [0.717, 1.165) is 0 Å². The summed E-state index contributed by atoms with van der Waals surface area (Å²) in [5, 5.41) is 23.8. The molecule has 2 rings (SSSR count). The molecule has 0 aromatic carbocycles. The number of hydrogen-bond acceptors (Lipinski definition) is 8. The van der Waals surface area contributed by atoms with Crippen molar-refractivity contribution in [3.63, 3.8) is 0 Å². The highest BCUT2D eigenvalue weighted by Crippen LogP contribution is 2.23. The lowest BCUT2D eigenvalue weighted by molar-refractivity contribution is -0.386. The Balaban J connectivity index is 2.29. The average molecular weight is 269 g/mol. The van der Waals surface area contributed by atoms with Gasteiger partial charge in [-0.15, -0.1) is 10.2 Å². The van der Waals surface area contributed by atoms with Crippen molar-refractivity contribution in [3.8, 4) is 0 Å². The van der Waals surface area contributed by atoms with Gasteiger partial charge in [0, 0.05) is 0 Å². The number of anilines is 1. The molecule has 0 aliphatic heterocycles. The van der Waals surface area contributed by atoms with Crippen molar-refractivity contribution in [1.29, 1.82) is 0 Å². The first-order chi connectivity index (χ1) is 8.52. The highest BCUT2D eigenvalue weighted by molar-refractivity contribution is 7.15. The van der Waals surface area contributed by atoms with E-state index in [4.69, 9.17) is 5.84 Å². The van der Waals surface area contributed by atoms with Gasteiger partial charge in [0.1, 0.15) is 16.4 Å². The Morgan fingerprint density at radius 3 is 2.72 bits per heavy atom. The molecule has 0 unspecified atom stereocenters. The third kappa shape index (κ3) is 2.15. The molecule has 0 saturated carbocycles. The molecule has 0 spiro atoms. The fraction of sp³-hybridized carbons (Fsp3) is 0.375. The van der Waals surface area contributed by atoms with Crippen LogP contribution in [-0.2, 0) is 6.54 Å². The molecule has 3 N–H and O–H groups in total. The summed E-state index contributed by atoms with van der Waals surface area (Å²) < 4.78 is 1.54. The summed E-state index contributed by atoms with van der Waals surface area (Å²) in [6.07, 6.45) is 0. The number of hydrazine groups is 1. The maximum absolute atomic E-state index is 10.9. The molecule has 10 heteroatoms. The third-order valence-corrected chi connectivity index (χ3v) is 3.24. The van der Waals surface area contributed by atoms with Gasteiger partial charge >= 0.3 is 5.69 Å². The molecule has 2 heterocycles. The van der Waals surface area contributed by atoms with Crippen LogP contribution in [0.3, 0.4) is 0 Å². The first kappa shape index (κ1) is 12.4. The maximum Gasteiger partial charge on any atom is 0.312 e. The molecule has 96 valence electrons. The van der Waals surface area contributed by atoms with Crippen molar-refractivity contribution in [3.05, 3.63) is 26.5 Å². The number of nitrogens with two attached hydrogens (primary N) is 1. The Morgan fingerprint density at radius 1 is 1.50 bits per heavy atom. The molecule has 0 aliphatic carbocycles. The second-order valence-corrected chi connectivity index (χ2v) is 4.64. The molecular formula is C8H11N7O2S. The van der Waals surface area contributed by atoms with Crippen LogP contribution < -0.4 is 11.3 Å². The summed E-state index contributed by atoms with van der Waals surface area (Å²) in [5.41, 5.74) is 3.31. The van der Waals surface area contributed by atoms with Gasteiger partial charge in [-0.1, -0.05) is 11.3 Å². The average Bonchev–Trinajstić information content (AvgIpc) is 2.85. The van der Waals surface area contributed by atoms with Crippen molar-refractivity contribution in [2.24, 2.45) is 5.84 Å². The van der Waals surface area contributed by atoms with Crippen LogP contribution in [0.1, 0.15) is 16.4 Å². The van der Waals surface area contributed by atoms with Gasteiger partial charge in [0.2, 0.25) is 5.13 Å². The number of nitrogens with one attached hydrogen (secondary N) is 1. The number of nitrogen functional groups attached to an aromatic ring is 1. The van der Waals surface area contributed by atoms with Crippen LogP contribution in [0.4, 0.5) is 10.8 Å². The van der Waals surface area contributed by atoms with Crippen molar-refractivity contribution >= 4 is 22.2 Å². The van der Waals surface area contributed by atoms with Gasteiger partial charge in [0.25, 0.3) is 0 Å². The highest BCUT2D eigenvalue weighted by Gasteiger charge is 2.22. The lowest BCUT2D eigenvalue weighted by Crippen LogP contribution is -2.05. The van der Waals surface area contributed by atoms with E-state index in [9.17, 15) is 10.1 Å². The number of rotatable bonds is 4. The number of aromatic nitrogens is 4. The smallest absolute Gasteiger partial charge is 0.298 e. The van der Waals surface area contributed by atoms with Gasteiger partial charge in [-0.05, 0) is 13.8 Å². The molecular weight excluding hydrogens is 258 g/mol. The number of hydrogen-bond donors (Lipinski definition) is 2. The van der Waals surface area contributed by atoms with Gasteiger partial charge in [-0.25, -0.2) is 5.84 Å². The van der Waals surface area contributed by atoms with Crippen LogP contribution in [0.2, 0.25) is 0 Å². The van der Waals surface area contributed by atoms with Gasteiger partial charge < -0.3 is 0 Å². The molecule has 0 saturated heterocycles. The molecule has 0 bridgehead atoms. The summed E-state index contributed by atoms with van der Waals surface area (Å²) in [4.78, 5) is 10.4. The zero-order chi connectivity index (χ0) is 13.3. The number of aryl methyl sites for hydroxylation is 1. The van der Waals surface area contributed by atoms with E-state index in [-0.39, 0.29) is 5.69 Å². The summed E-state index contributed by atoms with van der Waals surface area (Å²) in [6, 6.07) is 0. The molecule has 2 aromatic heterocycles. The number of nitro groups is 1. The van der Waals surface area contributed by atoms with E-state index in [1.54, 1.807) is 13.8 Å². The predicted molar refractivity (Wildman–Crippen MR) is 65.2 cm³/mol. The van der Waals surface area contributed by atoms with Gasteiger partial charge in [0.05, 0.1) is 11.5 Å². The van der Waals surface area contributed by atoms with E-state index in [1.165, 1.54) is 16.0 Å². The lowest BCUT2D eigenvalue weighted by Gasteiger charge is -1.98. The molecule has 0 radical (unpaired) electrons. The van der Waals surface area contributed by atoms with E-state index in [1.807, 2.05) is 0 Å². The van der Waals surface area contributed by atoms with Crippen LogP contribution in [0.25, 0.3) is 0 Å². The van der Waals surface area contributed by atoms with Crippen molar-refractivity contribution in [2.75, 3.05) is 5.43 Å². The van der Waals surface area contributed by atoms with Gasteiger partial charge in [0.15, 0.2) is 0 Å². The normalized spacial score (nSPS) is 10.6. The third-order valence-electron chi connectivity index (χ3n) is 2.40. The van der Waals surface area contributed by atoms with Crippen LogP contribution in [-0.4, -0.2) is 24.9 Å². The molecule has 18 heavy (non-hydrogen) atoms. The van der Waals surface area contributed by atoms with Gasteiger partial charge in [-0.3, -0.25) is 20.2 Å². The second kappa shape index (κ2) is 4.66. The Bertz CT molecular complexity index is 590. The lowest BCUT2D eigenvalue weighted by atomic mass is 10.3. The first-order valence-corrected chi connectivity index (χ1v) is 5.82.